The molecule has 1 atom stereocenters. The van der Waals surface area contributed by atoms with Crippen molar-refractivity contribution in [3.63, 3.8) is 0 Å². The van der Waals surface area contributed by atoms with E-state index in [1.165, 1.54) is 22.5 Å². The molecular formula is C23H26F3N3. The first-order chi connectivity index (χ1) is 13.9. The van der Waals surface area contributed by atoms with Gasteiger partial charge in [-0.05, 0) is 43.5 Å². The van der Waals surface area contributed by atoms with Crippen LogP contribution in [0.4, 0.5) is 18.9 Å². The summed E-state index contributed by atoms with van der Waals surface area (Å²) in [7, 11) is 0. The number of hydrogen-bond donors (Lipinski definition) is 0. The van der Waals surface area contributed by atoms with E-state index in [4.69, 9.17) is 0 Å². The van der Waals surface area contributed by atoms with Crippen molar-refractivity contribution in [3.05, 3.63) is 59.5 Å². The van der Waals surface area contributed by atoms with E-state index in [0.29, 0.717) is 17.3 Å². The van der Waals surface area contributed by atoms with Gasteiger partial charge in [0, 0.05) is 54.0 Å². The van der Waals surface area contributed by atoms with Crippen LogP contribution in [0.2, 0.25) is 0 Å². The fourth-order valence-electron chi connectivity index (χ4n) is 4.34. The molecule has 1 fully saturated rings. The second-order valence-electron chi connectivity index (χ2n) is 7.93. The summed E-state index contributed by atoms with van der Waals surface area (Å²) >= 11 is 0. The quantitative estimate of drug-likeness (QED) is 0.511. The number of anilines is 1. The Kier molecular flexibility index (Phi) is 5.28. The highest BCUT2D eigenvalue weighted by Gasteiger charge is 2.34. The minimum Gasteiger partial charge on any atom is -0.371 e. The Morgan fingerprint density at radius 3 is 2.72 bits per heavy atom. The van der Waals surface area contributed by atoms with Crippen molar-refractivity contribution in [2.75, 3.05) is 18.0 Å². The molecule has 29 heavy (non-hydrogen) atoms. The van der Waals surface area contributed by atoms with E-state index < -0.39 is 11.9 Å². The van der Waals surface area contributed by atoms with Crippen LogP contribution in [0, 0.1) is 6.92 Å². The Bertz CT molecular complexity index is 1010. The lowest BCUT2D eigenvalue weighted by Crippen LogP contribution is -2.21. The summed E-state index contributed by atoms with van der Waals surface area (Å²) in [5, 5.41) is 1.26. The molecule has 1 unspecified atom stereocenters. The Morgan fingerprint density at radius 2 is 1.97 bits per heavy atom. The van der Waals surface area contributed by atoms with E-state index in [1.807, 2.05) is 0 Å². The predicted molar refractivity (Wildman–Crippen MR) is 110 cm³/mol. The summed E-state index contributed by atoms with van der Waals surface area (Å²) in [5.41, 5.74) is 2.75. The molecule has 1 aliphatic heterocycles. The topological polar surface area (TPSA) is 21.1 Å². The third-order valence-corrected chi connectivity index (χ3v) is 5.79. The van der Waals surface area contributed by atoms with Crippen molar-refractivity contribution in [2.45, 2.75) is 51.7 Å². The van der Waals surface area contributed by atoms with Gasteiger partial charge >= 0.3 is 6.18 Å². The van der Waals surface area contributed by atoms with Crippen LogP contribution in [0.3, 0.4) is 0 Å². The molecule has 154 valence electrons. The summed E-state index contributed by atoms with van der Waals surface area (Å²) in [5.74, 6) is 0.311. The summed E-state index contributed by atoms with van der Waals surface area (Å²) in [4.78, 5) is 5.73. The second kappa shape index (κ2) is 7.73. The second-order valence-corrected chi connectivity index (χ2v) is 7.93. The number of rotatable bonds is 5. The van der Waals surface area contributed by atoms with E-state index in [0.717, 1.165) is 38.9 Å². The minimum atomic E-state index is -4.42. The van der Waals surface area contributed by atoms with Gasteiger partial charge in [-0.3, -0.25) is 0 Å². The zero-order valence-electron chi connectivity index (χ0n) is 16.8. The SMILES string of the molecule is CCCCn1cc(C2CCN(c3cc(C)nc(C(F)(F)F)c3)C2)c2ccccc21. The maximum Gasteiger partial charge on any atom is 0.433 e. The van der Waals surface area contributed by atoms with Gasteiger partial charge in [0.2, 0.25) is 0 Å². The number of pyridine rings is 1. The number of fused-ring (bicyclic) bond motifs is 1. The fraction of sp³-hybridized carbons (Fsp3) is 0.435. The predicted octanol–water partition coefficient (Wildman–Crippen LogP) is 6.16. The average molecular weight is 401 g/mol. The van der Waals surface area contributed by atoms with Crippen LogP contribution in [-0.4, -0.2) is 22.6 Å². The maximum absolute atomic E-state index is 13.2. The molecule has 6 heteroatoms. The highest BCUT2D eigenvalue weighted by Crippen LogP contribution is 2.37. The number of aromatic nitrogens is 2. The standard InChI is InChI=1S/C23H26F3N3/c1-3-4-10-29-15-20(19-7-5-6-8-21(19)29)17-9-11-28(14-17)18-12-16(2)27-22(13-18)23(24,25)26/h5-8,12-13,15,17H,3-4,9-11,14H2,1-2H3. The molecule has 3 heterocycles. The molecule has 0 aliphatic carbocycles. The largest absolute Gasteiger partial charge is 0.433 e. The molecule has 0 bridgehead atoms. The Morgan fingerprint density at radius 1 is 1.17 bits per heavy atom. The molecule has 0 saturated carbocycles. The molecule has 1 aromatic carbocycles. The molecule has 4 rings (SSSR count). The molecule has 2 aromatic heterocycles. The van der Waals surface area contributed by atoms with Gasteiger partial charge in [0.1, 0.15) is 5.69 Å². The molecule has 0 spiro atoms. The molecule has 0 radical (unpaired) electrons. The highest BCUT2D eigenvalue weighted by molar-refractivity contribution is 5.84. The first-order valence-corrected chi connectivity index (χ1v) is 10.3. The third kappa shape index (κ3) is 3.98. The lowest BCUT2D eigenvalue weighted by atomic mass is 9.98. The Hall–Kier alpha value is -2.50. The van der Waals surface area contributed by atoms with Gasteiger partial charge < -0.3 is 9.47 Å². The fourth-order valence-corrected chi connectivity index (χ4v) is 4.34. The highest BCUT2D eigenvalue weighted by atomic mass is 19.4. The van der Waals surface area contributed by atoms with Crippen molar-refractivity contribution >= 4 is 16.6 Å². The van der Waals surface area contributed by atoms with Crippen LogP contribution in [-0.2, 0) is 12.7 Å². The van der Waals surface area contributed by atoms with Crippen LogP contribution < -0.4 is 4.90 Å². The van der Waals surface area contributed by atoms with Gasteiger partial charge in [0.15, 0.2) is 0 Å². The van der Waals surface area contributed by atoms with Crippen LogP contribution in [0.15, 0.2) is 42.6 Å². The number of hydrogen-bond acceptors (Lipinski definition) is 2. The Labute approximate surface area is 169 Å². The van der Waals surface area contributed by atoms with E-state index in [-0.39, 0.29) is 0 Å². The van der Waals surface area contributed by atoms with Crippen LogP contribution in [0.5, 0.6) is 0 Å². The molecule has 0 amide bonds. The van der Waals surface area contributed by atoms with Crippen LogP contribution >= 0.6 is 0 Å². The van der Waals surface area contributed by atoms with Gasteiger partial charge in [0.25, 0.3) is 0 Å². The summed E-state index contributed by atoms with van der Waals surface area (Å²) < 4.78 is 41.8. The molecule has 1 aliphatic rings. The van der Waals surface area contributed by atoms with Crippen molar-refractivity contribution in [1.29, 1.82) is 0 Å². The average Bonchev–Trinajstić information content (AvgIpc) is 3.30. The number of para-hydroxylation sites is 1. The van der Waals surface area contributed by atoms with Crippen LogP contribution in [0.25, 0.3) is 10.9 Å². The molecule has 3 nitrogen and oxygen atoms in total. The zero-order valence-corrected chi connectivity index (χ0v) is 16.8. The van der Waals surface area contributed by atoms with Gasteiger partial charge in [-0.1, -0.05) is 31.5 Å². The third-order valence-electron chi connectivity index (χ3n) is 5.79. The van der Waals surface area contributed by atoms with E-state index in [1.54, 1.807) is 13.0 Å². The minimum absolute atomic E-state index is 0.311. The van der Waals surface area contributed by atoms with Gasteiger partial charge in [-0.15, -0.1) is 0 Å². The summed E-state index contributed by atoms with van der Waals surface area (Å²) in [6, 6.07) is 11.4. The van der Waals surface area contributed by atoms with Crippen LogP contribution in [0.1, 0.15) is 49.1 Å². The van der Waals surface area contributed by atoms with E-state index >= 15 is 0 Å². The normalized spacial score (nSPS) is 17.4. The number of unbranched alkanes of at least 4 members (excludes halogenated alkanes) is 1. The number of halogens is 3. The maximum atomic E-state index is 13.2. The van der Waals surface area contributed by atoms with E-state index in [9.17, 15) is 13.2 Å². The first kappa shape index (κ1) is 19.8. The van der Waals surface area contributed by atoms with Gasteiger partial charge in [-0.25, -0.2) is 4.98 Å². The summed E-state index contributed by atoms with van der Waals surface area (Å²) in [6.45, 7) is 6.27. The monoisotopic (exact) mass is 401 g/mol. The van der Waals surface area contributed by atoms with E-state index in [2.05, 4.69) is 51.8 Å². The molecule has 0 N–H and O–H groups in total. The number of alkyl halides is 3. The molecule has 3 aromatic rings. The van der Waals surface area contributed by atoms with Crippen molar-refractivity contribution in [2.24, 2.45) is 0 Å². The van der Waals surface area contributed by atoms with Crippen molar-refractivity contribution in [3.8, 4) is 0 Å². The molecule has 1 saturated heterocycles. The molecular weight excluding hydrogens is 375 g/mol. The summed E-state index contributed by atoms with van der Waals surface area (Å²) in [6.07, 6.45) is 1.04. The lowest BCUT2D eigenvalue weighted by molar-refractivity contribution is -0.141. The lowest BCUT2D eigenvalue weighted by Gasteiger charge is -2.20. The first-order valence-electron chi connectivity index (χ1n) is 10.3. The van der Waals surface area contributed by atoms with Crippen molar-refractivity contribution in [1.82, 2.24) is 9.55 Å². The number of aryl methyl sites for hydroxylation is 2. The van der Waals surface area contributed by atoms with Gasteiger partial charge in [-0.2, -0.15) is 13.2 Å². The van der Waals surface area contributed by atoms with Crippen molar-refractivity contribution < 1.29 is 13.2 Å². The number of benzene rings is 1. The van der Waals surface area contributed by atoms with Gasteiger partial charge in [0.05, 0.1) is 0 Å². The smallest absolute Gasteiger partial charge is 0.371 e. The Balaban J connectivity index is 1.62. The zero-order chi connectivity index (χ0) is 20.6. The number of nitrogens with zero attached hydrogens (tertiary/aromatic N) is 3.